The molecule has 3 nitrogen and oxygen atoms in total. The van der Waals surface area contributed by atoms with Gasteiger partial charge in [-0.25, -0.2) is 0 Å². The van der Waals surface area contributed by atoms with Gasteiger partial charge in [-0.05, 0) is 5.92 Å². The normalized spacial score (nSPS) is 12.0. The second-order valence-corrected chi connectivity index (χ2v) is 2.23. The Balaban J connectivity index is 3.32. The Morgan fingerprint density at radius 3 is 2.80 bits per heavy atom. The lowest BCUT2D eigenvalue weighted by Crippen LogP contribution is -3.09. The van der Waals surface area contributed by atoms with E-state index in [9.17, 15) is 4.79 Å². The fraction of sp³-hybridized carbons (Fsp3) is 0.571. The molecule has 0 aromatic rings. The van der Waals surface area contributed by atoms with Gasteiger partial charge in [0.05, 0.1) is 20.0 Å². The minimum atomic E-state index is -0.767. The van der Waals surface area contributed by atoms with Crippen LogP contribution in [0, 0.1) is 12.3 Å². The smallest absolute Gasteiger partial charge is 0.309 e. The predicted molar refractivity (Wildman–Crippen MR) is 37.7 cm³/mol. The van der Waals surface area contributed by atoms with Crippen LogP contribution in [-0.2, 0) is 4.79 Å². The zero-order valence-electron chi connectivity index (χ0n) is 6.05. The van der Waals surface area contributed by atoms with Crippen LogP contribution in [0.3, 0.4) is 0 Å². The number of rotatable bonds is 4. The lowest BCUT2D eigenvalue weighted by atomic mass is 10.4. The van der Waals surface area contributed by atoms with Gasteiger partial charge in [-0.2, -0.15) is 0 Å². The number of quaternary nitrogens is 1. The molecule has 0 amide bonds. The third-order valence-corrected chi connectivity index (χ3v) is 1.17. The van der Waals surface area contributed by atoms with E-state index >= 15 is 0 Å². The van der Waals surface area contributed by atoms with E-state index in [1.807, 2.05) is 7.05 Å². The van der Waals surface area contributed by atoms with E-state index in [1.54, 1.807) is 0 Å². The van der Waals surface area contributed by atoms with Crippen molar-refractivity contribution in [3.63, 3.8) is 0 Å². The van der Waals surface area contributed by atoms with Crippen LogP contribution in [0.2, 0.25) is 0 Å². The summed E-state index contributed by atoms with van der Waals surface area (Å²) in [4.78, 5) is 11.1. The summed E-state index contributed by atoms with van der Waals surface area (Å²) in [7, 11) is 1.88. The van der Waals surface area contributed by atoms with E-state index in [0.29, 0.717) is 13.1 Å². The molecule has 0 saturated heterocycles. The van der Waals surface area contributed by atoms with Gasteiger partial charge >= 0.3 is 5.97 Å². The van der Waals surface area contributed by atoms with Crippen LogP contribution in [0.25, 0.3) is 0 Å². The van der Waals surface area contributed by atoms with Gasteiger partial charge in [-0.1, -0.05) is 0 Å². The van der Waals surface area contributed by atoms with E-state index in [1.165, 1.54) is 0 Å². The zero-order chi connectivity index (χ0) is 7.98. The van der Waals surface area contributed by atoms with E-state index in [2.05, 4.69) is 5.92 Å². The molecule has 0 saturated carbocycles. The number of carboxylic acid groups (broad SMARTS) is 1. The minimum absolute atomic E-state index is 0.188. The molecule has 0 bridgehead atoms. The average Bonchev–Trinajstić information content (AvgIpc) is 1.85. The number of hydrogen-bond donors (Lipinski definition) is 2. The van der Waals surface area contributed by atoms with E-state index in [-0.39, 0.29) is 6.42 Å². The van der Waals surface area contributed by atoms with Crippen molar-refractivity contribution in [2.45, 2.75) is 6.42 Å². The SMILES string of the molecule is C#CC[NH+](C)CCC(=O)O. The second kappa shape index (κ2) is 4.83. The number of carboxylic acids is 1. The molecule has 1 unspecified atom stereocenters. The number of nitrogens with one attached hydrogen (secondary N) is 1. The summed E-state index contributed by atoms with van der Waals surface area (Å²) in [5.41, 5.74) is 0. The molecule has 0 aromatic carbocycles. The first kappa shape index (κ1) is 8.99. The van der Waals surface area contributed by atoms with Crippen molar-refractivity contribution in [1.82, 2.24) is 0 Å². The summed E-state index contributed by atoms with van der Waals surface area (Å²) in [5, 5.41) is 8.27. The number of hydrogen-bond acceptors (Lipinski definition) is 1. The van der Waals surface area contributed by atoms with E-state index < -0.39 is 5.97 Å². The number of carbonyl (C=O) groups is 1. The molecular formula is C7H12NO2+. The lowest BCUT2D eigenvalue weighted by molar-refractivity contribution is -0.871. The van der Waals surface area contributed by atoms with Crippen LogP contribution in [0.5, 0.6) is 0 Å². The molecule has 0 rings (SSSR count). The summed E-state index contributed by atoms with van der Waals surface area (Å²) in [6, 6.07) is 0. The van der Waals surface area contributed by atoms with E-state index in [4.69, 9.17) is 11.5 Å². The molecular weight excluding hydrogens is 130 g/mol. The molecule has 0 radical (unpaired) electrons. The van der Waals surface area contributed by atoms with Gasteiger partial charge in [0, 0.05) is 0 Å². The Hall–Kier alpha value is -1.01. The topological polar surface area (TPSA) is 41.7 Å². The standard InChI is InChI=1S/C7H11NO2/c1-3-5-8(2)6-4-7(9)10/h1H,4-6H2,2H3,(H,9,10)/p+1. The van der Waals surface area contributed by atoms with Gasteiger partial charge in [0.2, 0.25) is 0 Å². The van der Waals surface area contributed by atoms with Gasteiger partial charge in [-0.15, -0.1) is 6.42 Å². The molecule has 0 spiro atoms. The summed E-state index contributed by atoms with van der Waals surface area (Å²) >= 11 is 0. The highest BCUT2D eigenvalue weighted by Crippen LogP contribution is 1.69. The number of aliphatic carboxylic acids is 1. The van der Waals surface area contributed by atoms with E-state index in [0.717, 1.165) is 4.90 Å². The lowest BCUT2D eigenvalue weighted by Gasteiger charge is -2.07. The largest absolute Gasteiger partial charge is 0.481 e. The van der Waals surface area contributed by atoms with Crippen LogP contribution in [0.15, 0.2) is 0 Å². The highest BCUT2D eigenvalue weighted by atomic mass is 16.4. The van der Waals surface area contributed by atoms with Crippen molar-refractivity contribution in [3.05, 3.63) is 0 Å². The number of terminal acetylenes is 1. The van der Waals surface area contributed by atoms with Crippen LogP contribution in [0.1, 0.15) is 6.42 Å². The van der Waals surface area contributed by atoms with Gasteiger partial charge in [-0.3, -0.25) is 4.79 Å². The molecule has 0 aliphatic rings. The van der Waals surface area contributed by atoms with Crippen LogP contribution in [-0.4, -0.2) is 31.2 Å². The highest BCUT2D eigenvalue weighted by molar-refractivity contribution is 5.66. The Labute approximate surface area is 60.6 Å². The Bertz CT molecular complexity index is 148. The summed E-state index contributed by atoms with van der Waals surface area (Å²) < 4.78 is 0. The Morgan fingerprint density at radius 1 is 1.80 bits per heavy atom. The molecule has 1 atom stereocenters. The molecule has 3 heteroatoms. The Kier molecular flexibility index (Phi) is 4.34. The third-order valence-electron chi connectivity index (χ3n) is 1.17. The fourth-order valence-electron chi connectivity index (χ4n) is 0.583. The van der Waals surface area contributed by atoms with Crippen molar-refractivity contribution in [1.29, 1.82) is 0 Å². The van der Waals surface area contributed by atoms with Gasteiger partial charge in [0.25, 0.3) is 0 Å². The van der Waals surface area contributed by atoms with Crippen LogP contribution >= 0.6 is 0 Å². The van der Waals surface area contributed by atoms with Crippen LogP contribution < -0.4 is 4.90 Å². The van der Waals surface area contributed by atoms with Crippen molar-refractivity contribution < 1.29 is 14.8 Å². The van der Waals surface area contributed by atoms with Crippen molar-refractivity contribution >= 4 is 5.97 Å². The summed E-state index contributed by atoms with van der Waals surface area (Å²) in [5.74, 6) is 1.69. The third kappa shape index (κ3) is 5.13. The molecule has 0 aliphatic heterocycles. The monoisotopic (exact) mass is 142 g/mol. The first-order valence-electron chi connectivity index (χ1n) is 3.13. The maximum absolute atomic E-state index is 10.0. The van der Waals surface area contributed by atoms with Gasteiger partial charge < -0.3 is 10.0 Å². The molecule has 0 fully saturated rings. The predicted octanol–water partition coefficient (Wildman–Crippen LogP) is -1.39. The van der Waals surface area contributed by atoms with Gasteiger partial charge in [0.15, 0.2) is 0 Å². The minimum Gasteiger partial charge on any atom is -0.481 e. The molecule has 10 heavy (non-hydrogen) atoms. The van der Waals surface area contributed by atoms with Crippen LogP contribution in [0.4, 0.5) is 0 Å². The first-order valence-corrected chi connectivity index (χ1v) is 3.13. The zero-order valence-corrected chi connectivity index (χ0v) is 6.05. The maximum atomic E-state index is 10.0. The van der Waals surface area contributed by atoms with Crippen molar-refractivity contribution in [2.24, 2.45) is 0 Å². The molecule has 56 valence electrons. The fourth-order valence-corrected chi connectivity index (χ4v) is 0.583. The quantitative estimate of drug-likeness (QED) is 0.474. The maximum Gasteiger partial charge on any atom is 0.309 e. The summed E-state index contributed by atoms with van der Waals surface area (Å²) in [6.07, 6.45) is 5.21. The van der Waals surface area contributed by atoms with Gasteiger partial charge in [0.1, 0.15) is 6.54 Å². The Morgan fingerprint density at radius 2 is 2.40 bits per heavy atom. The first-order chi connectivity index (χ1) is 4.66. The highest BCUT2D eigenvalue weighted by Gasteiger charge is 2.02. The second-order valence-electron chi connectivity index (χ2n) is 2.23. The molecule has 0 heterocycles. The van der Waals surface area contributed by atoms with Crippen molar-refractivity contribution in [3.8, 4) is 12.3 Å². The van der Waals surface area contributed by atoms with Crippen molar-refractivity contribution in [2.75, 3.05) is 20.1 Å². The average molecular weight is 142 g/mol. The summed E-state index contributed by atoms with van der Waals surface area (Å²) in [6.45, 7) is 1.19. The molecule has 2 N–H and O–H groups in total. The molecule has 0 aliphatic carbocycles. The molecule has 0 aromatic heterocycles.